The highest BCUT2D eigenvalue weighted by atomic mass is 19.1. The van der Waals surface area contributed by atoms with Gasteiger partial charge in [-0.05, 0) is 37.8 Å². The fraction of sp³-hybridized carbons (Fsp3) is 0.500. The van der Waals surface area contributed by atoms with Crippen LogP contribution >= 0.6 is 0 Å². The minimum Gasteiger partial charge on any atom is -0.480 e. The van der Waals surface area contributed by atoms with E-state index in [4.69, 9.17) is 5.73 Å². The molecule has 1 atom stereocenters. The lowest BCUT2D eigenvalue weighted by atomic mass is 9.93. The number of carbonyl (C=O) groups is 1. The van der Waals surface area contributed by atoms with Crippen molar-refractivity contribution in [2.75, 3.05) is 18.0 Å². The number of carboxylic acid groups (broad SMARTS) is 1. The number of rotatable bonds is 6. The number of nitrogens with two attached hydrogens (primary N) is 1. The van der Waals surface area contributed by atoms with Gasteiger partial charge in [0.25, 0.3) is 0 Å². The summed E-state index contributed by atoms with van der Waals surface area (Å²) in [5, 5.41) is 9.36. The lowest BCUT2D eigenvalue weighted by Crippen LogP contribution is -2.58. The number of aliphatic carboxylic acids is 1. The topological polar surface area (TPSA) is 66.6 Å². The molecule has 2 rings (SSSR count). The molecule has 1 unspecified atom stereocenters. The van der Waals surface area contributed by atoms with Gasteiger partial charge in [-0.2, -0.15) is 0 Å². The van der Waals surface area contributed by atoms with E-state index >= 15 is 0 Å². The Bertz CT molecular complexity index is 476. The van der Waals surface area contributed by atoms with Crippen molar-refractivity contribution < 1.29 is 14.3 Å². The molecular weight excluding hydrogens is 247 g/mol. The van der Waals surface area contributed by atoms with Gasteiger partial charge in [0, 0.05) is 13.1 Å². The monoisotopic (exact) mass is 266 g/mol. The van der Waals surface area contributed by atoms with E-state index in [0.717, 1.165) is 12.8 Å². The van der Waals surface area contributed by atoms with Crippen LogP contribution in [0.5, 0.6) is 0 Å². The smallest absolute Gasteiger partial charge is 0.325 e. The number of benzene rings is 1. The van der Waals surface area contributed by atoms with E-state index in [2.05, 4.69) is 0 Å². The summed E-state index contributed by atoms with van der Waals surface area (Å²) in [6.45, 7) is 2.51. The van der Waals surface area contributed by atoms with Crippen molar-refractivity contribution in [2.45, 2.75) is 25.3 Å². The summed E-state index contributed by atoms with van der Waals surface area (Å²) in [7, 11) is 0. The molecule has 1 aliphatic carbocycles. The Labute approximate surface area is 112 Å². The third-order valence-electron chi connectivity index (χ3n) is 3.73. The van der Waals surface area contributed by atoms with Crippen LogP contribution in [-0.4, -0.2) is 29.7 Å². The van der Waals surface area contributed by atoms with Crippen molar-refractivity contribution in [3.8, 4) is 0 Å². The van der Waals surface area contributed by atoms with Gasteiger partial charge >= 0.3 is 5.97 Å². The second-order valence-corrected chi connectivity index (χ2v) is 5.09. The molecule has 0 aliphatic heterocycles. The average Bonchev–Trinajstić information content (AvgIpc) is 3.21. The first-order valence-corrected chi connectivity index (χ1v) is 6.50. The van der Waals surface area contributed by atoms with Gasteiger partial charge in [0.05, 0.1) is 5.69 Å². The van der Waals surface area contributed by atoms with Crippen molar-refractivity contribution >= 4 is 11.7 Å². The zero-order valence-electron chi connectivity index (χ0n) is 11.0. The lowest BCUT2D eigenvalue weighted by Gasteiger charge is -2.33. The van der Waals surface area contributed by atoms with Gasteiger partial charge in [0.2, 0.25) is 0 Å². The fourth-order valence-electron chi connectivity index (χ4n) is 2.36. The van der Waals surface area contributed by atoms with E-state index in [1.165, 1.54) is 6.07 Å². The molecule has 0 spiro atoms. The highest BCUT2D eigenvalue weighted by Gasteiger charge is 2.49. The quantitative estimate of drug-likeness (QED) is 0.824. The van der Waals surface area contributed by atoms with Crippen LogP contribution in [0.2, 0.25) is 0 Å². The summed E-state index contributed by atoms with van der Waals surface area (Å²) in [6.07, 6.45) is 1.66. The van der Waals surface area contributed by atoms with Crippen LogP contribution < -0.4 is 10.6 Å². The second kappa shape index (κ2) is 5.17. The molecule has 0 amide bonds. The number of para-hydroxylation sites is 1. The van der Waals surface area contributed by atoms with Crippen molar-refractivity contribution in [2.24, 2.45) is 11.7 Å². The Morgan fingerprint density at radius 2 is 2.16 bits per heavy atom. The van der Waals surface area contributed by atoms with Crippen LogP contribution in [-0.2, 0) is 4.79 Å². The lowest BCUT2D eigenvalue weighted by molar-refractivity contribution is -0.143. The third-order valence-corrected chi connectivity index (χ3v) is 3.73. The standard InChI is InChI=1S/C14H19FN2O2/c1-2-17(12-6-4-3-5-11(12)15)9-14(16,13(18)19)10-7-8-10/h3-6,10H,2,7-9,16H2,1H3,(H,18,19). The van der Waals surface area contributed by atoms with E-state index in [-0.39, 0.29) is 18.3 Å². The second-order valence-electron chi connectivity index (χ2n) is 5.09. The van der Waals surface area contributed by atoms with Crippen LogP contribution in [0, 0.1) is 11.7 Å². The molecule has 1 aliphatic rings. The summed E-state index contributed by atoms with van der Waals surface area (Å²) >= 11 is 0. The van der Waals surface area contributed by atoms with E-state index < -0.39 is 11.5 Å². The Balaban J connectivity index is 2.23. The Hall–Kier alpha value is -1.62. The highest BCUT2D eigenvalue weighted by Crippen LogP contribution is 2.39. The van der Waals surface area contributed by atoms with Gasteiger partial charge in [-0.1, -0.05) is 12.1 Å². The van der Waals surface area contributed by atoms with Gasteiger partial charge in [-0.25, -0.2) is 4.39 Å². The first-order valence-electron chi connectivity index (χ1n) is 6.50. The zero-order chi connectivity index (χ0) is 14.0. The predicted octanol–water partition coefficient (Wildman–Crippen LogP) is 1.84. The van der Waals surface area contributed by atoms with Crippen molar-refractivity contribution in [1.29, 1.82) is 0 Å². The predicted molar refractivity (Wildman–Crippen MR) is 71.6 cm³/mol. The minimum atomic E-state index is -1.29. The molecule has 0 heterocycles. The molecule has 104 valence electrons. The first-order chi connectivity index (χ1) is 8.99. The van der Waals surface area contributed by atoms with Gasteiger partial charge in [-0.15, -0.1) is 0 Å². The van der Waals surface area contributed by atoms with Crippen LogP contribution in [0.3, 0.4) is 0 Å². The van der Waals surface area contributed by atoms with Gasteiger partial charge < -0.3 is 15.7 Å². The molecule has 0 saturated heterocycles. The zero-order valence-corrected chi connectivity index (χ0v) is 11.0. The molecule has 1 fully saturated rings. The number of anilines is 1. The fourth-order valence-corrected chi connectivity index (χ4v) is 2.36. The molecule has 19 heavy (non-hydrogen) atoms. The van der Waals surface area contributed by atoms with Crippen molar-refractivity contribution in [3.63, 3.8) is 0 Å². The molecule has 0 bridgehead atoms. The minimum absolute atomic E-state index is 0.00850. The molecule has 0 aromatic heterocycles. The molecule has 0 radical (unpaired) electrons. The van der Waals surface area contributed by atoms with Gasteiger partial charge in [0.15, 0.2) is 0 Å². The van der Waals surface area contributed by atoms with Crippen molar-refractivity contribution in [3.05, 3.63) is 30.1 Å². The molecular formula is C14H19FN2O2. The SMILES string of the molecule is CCN(CC(N)(C(=O)O)C1CC1)c1ccccc1F. The van der Waals surface area contributed by atoms with E-state index in [1.807, 2.05) is 6.92 Å². The van der Waals surface area contributed by atoms with Crippen LogP contribution in [0.4, 0.5) is 10.1 Å². The van der Waals surface area contributed by atoms with Gasteiger partial charge in [-0.3, -0.25) is 4.79 Å². The summed E-state index contributed by atoms with van der Waals surface area (Å²) in [5.41, 5.74) is 5.16. The maximum atomic E-state index is 13.8. The number of hydrogen-bond donors (Lipinski definition) is 2. The van der Waals surface area contributed by atoms with Crippen LogP contribution in [0.1, 0.15) is 19.8 Å². The van der Waals surface area contributed by atoms with E-state index in [0.29, 0.717) is 12.2 Å². The summed E-state index contributed by atoms with van der Waals surface area (Å²) in [5.74, 6) is -1.37. The number of halogens is 1. The number of hydrogen-bond acceptors (Lipinski definition) is 3. The number of nitrogens with zero attached hydrogens (tertiary/aromatic N) is 1. The summed E-state index contributed by atoms with van der Waals surface area (Å²) < 4.78 is 13.8. The van der Waals surface area contributed by atoms with Crippen LogP contribution in [0.25, 0.3) is 0 Å². The van der Waals surface area contributed by atoms with Crippen LogP contribution in [0.15, 0.2) is 24.3 Å². The largest absolute Gasteiger partial charge is 0.480 e. The normalized spacial score (nSPS) is 17.8. The Morgan fingerprint density at radius 1 is 1.53 bits per heavy atom. The summed E-state index contributed by atoms with van der Waals surface area (Å²) in [4.78, 5) is 13.1. The van der Waals surface area contributed by atoms with E-state index in [9.17, 15) is 14.3 Å². The maximum absolute atomic E-state index is 13.8. The molecule has 1 aromatic carbocycles. The number of carboxylic acids is 1. The molecule has 5 heteroatoms. The average molecular weight is 266 g/mol. The first kappa shape index (κ1) is 13.8. The molecule has 1 aromatic rings. The van der Waals surface area contributed by atoms with Gasteiger partial charge in [0.1, 0.15) is 11.4 Å². The molecule has 4 nitrogen and oxygen atoms in total. The molecule has 3 N–H and O–H groups in total. The van der Waals surface area contributed by atoms with E-state index in [1.54, 1.807) is 23.1 Å². The summed E-state index contributed by atoms with van der Waals surface area (Å²) in [6, 6.07) is 6.36. The third kappa shape index (κ3) is 2.71. The number of likely N-dealkylation sites (N-methyl/N-ethyl adjacent to an activating group) is 1. The highest BCUT2D eigenvalue weighted by molar-refractivity contribution is 5.80. The Kier molecular flexibility index (Phi) is 3.75. The Morgan fingerprint density at radius 3 is 2.63 bits per heavy atom. The molecule has 1 saturated carbocycles. The maximum Gasteiger partial charge on any atom is 0.325 e. The van der Waals surface area contributed by atoms with Crippen molar-refractivity contribution in [1.82, 2.24) is 0 Å².